The highest BCUT2D eigenvalue weighted by Gasteiger charge is 2.35. The molecule has 0 unspecified atom stereocenters. The molecule has 1 saturated heterocycles. The van der Waals surface area contributed by atoms with Crippen LogP contribution < -0.4 is 14.9 Å². The zero-order valence-corrected chi connectivity index (χ0v) is 18.0. The minimum atomic E-state index is -4.41. The van der Waals surface area contributed by atoms with Gasteiger partial charge in [-0.3, -0.25) is 0 Å². The van der Waals surface area contributed by atoms with E-state index in [9.17, 15) is 21.6 Å². The van der Waals surface area contributed by atoms with Gasteiger partial charge in [-0.15, -0.1) is 0 Å². The SMILES string of the molecule is CCS(=O)(=O)NC1CCC(CNc2ccc(C(F)(F)F)c(N3CCOCC3)c2)CC1. The van der Waals surface area contributed by atoms with E-state index in [-0.39, 0.29) is 17.5 Å². The molecule has 1 saturated carbocycles. The molecule has 2 N–H and O–H groups in total. The molecule has 30 heavy (non-hydrogen) atoms. The molecular weight excluding hydrogens is 419 g/mol. The molecule has 0 amide bonds. The van der Waals surface area contributed by atoms with Crippen LogP contribution in [-0.2, 0) is 20.9 Å². The van der Waals surface area contributed by atoms with Crippen molar-refractivity contribution in [3.8, 4) is 0 Å². The predicted molar refractivity (Wildman–Crippen MR) is 111 cm³/mol. The van der Waals surface area contributed by atoms with Crippen LogP contribution in [0.4, 0.5) is 24.5 Å². The molecule has 0 bridgehead atoms. The van der Waals surface area contributed by atoms with Gasteiger partial charge >= 0.3 is 6.18 Å². The Hall–Kier alpha value is -1.52. The lowest BCUT2D eigenvalue weighted by atomic mass is 9.86. The van der Waals surface area contributed by atoms with Gasteiger partial charge in [0.25, 0.3) is 0 Å². The van der Waals surface area contributed by atoms with Gasteiger partial charge in [0.05, 0.1) is 30.2 Å². The molecular formula is C20H30F3N3O3S. The lowest BCUT2D eigenvalue weighted by Gasteiger charge is -2.32. The van der Waals surface area contributed by atoms with Crippen LogP contribution in [0.1, 0.15) is 38.2 Å². The summed E-state index contributed by atoms with van der Waals surface area (Å²) < 4.78 is 71.8. The second-order valence-electron chi connectivity index (χ2n) is 7.95. The van der Waals surface area contributed by atoms with Gasteiger partial charge < -0.3 is 15.0 Å². The second-order valence-corrected chi connectivity index (χ2v) is 9.99. The molecule has 2 fully saturated rings. The van der Waals surface area contributed by atoms with Crippen LogP contribution in [0.25, 0.3) is 0 Å². The molecule has 0 aromatic heterocycles. The number of ether oxygens (including phenoxy) is 1. The van der Waals surface area contributed by atoms with Gasteiger partial charge in [0, 0.05) is 31.4 Å². The molecule has 3 rings (SSSR count). The number of hydrogen-bond acceptors (Lipinski definition) is 5. The fourth-order valence-corrected chi connectivity index (χ4v) is 4.94. The molecule has 170 valence electrons. The van der Waals surface area contributed by atoms with Crippen LogP contribution in [0.5, 0.6) is 0 Å². The molecule has 0 atom stereocenters. The first-order valence-electron chi connectivity index (χ1n) is 10.5. The van der Waals surface area contributed by atoms with Crippen molar-refractivity contribution in [3.05, 3.63) is 23.8 Å². The van der Waals surface area contributed by atoms with Crippen LogP contribution in [0, 0.1) is 5.92 Å². The maximum Gasteiger partial charge on any atom is 0.418 e. The van der Waals surface area contributed by atoms with Gasteiger partial charge in [-0.1, -0.05) is 0 Å². The van der Waals surface area contributed by atoms with E-state index in [0.29, 0.717) is 44.5 Å². The Morgan fingerprint density at radius 2 is 1.80 bits per heavy atom. The number of alkyl halides is 3. The Bertz CT molecular complexity index is 803. The number of halogens is 3. The lowest BCUT2D eigenvalue weighted by molar-refractivity contribution is -0.137. The van der Waals surface area contributed by atoms with Gasteiger partial charge in [-0.05, 0) is 56.7 Å². The van der Waals surface area contributed by atoms with Crippen molar-refractivity contribution in [2.24, 2.45) is 5.92 Å². The topological polar surface area (TPSA) is 70.7 Å². The second kappa shape index (κ2) is 9.74. The Morgan fingerprint density at radius 1 is 1.13 bits per heavy atom. The number of nitrogens with zero attached hydrogens (tertiary/aromatic N) is 1. The number of anilines is 2. The summed E-state index contributed by atoms with van der Waals surface area (Å²) in [5, 5.41) is 3.28. The molecule has 1 heterocycles. The third-order valence-electron chi connectivity index (χ3n) is 5.82. The zero-order valence-electron chi connectivity index (χ0n) is 17.2. The van der Waals surface area contributed by atoms with E-state index < -0.39 is 21.8 Å². The van der Waals surface area contributed by atoms with Crippen LogP contribution in [0.2, 0.25) is 0 Å². The summed E-state index contributed by atoms with van der Waals surface area (Å²) in [6.07, 6.45) is -1.10. The quantitative estimate of drug-likeness (QED) is 0.667. The summed E-state index contributed by atoms with van der Waals surface area (Å²) in [5.74, 6) is 0.440. The van der Waals surface area contributed by atoms with Crippen LogP contribution in [0.15, 0.2) is 18.2 Å². The first-order valence-corrected chi connectivity index (χ1v) is 12.1. The van der Waals surface area contributed by atoms with Gasteiger partial charge in [-0.25, -0.2) is 13.1 Å². The first kappa shape index (κ1) is 23.1. The van der Waals surface area contributed by atoms with Crippen molar-refractivity contribution in [2.75, 3.05) is 48.8 Å². The summed E-state index contributed by atoms with van der Waals surface area (Å²) in [4.78, 5) is 1.72. The number of sulfonamides is 1. The Labute approximate surface area is 176 Å². The molecule has 1 aliphatic carbocycles. The van der Waals surface area contributed by atoms with Crippen molar-refractivity contribution >= 4 is 21.4 Å². The average Bonchev–Trinajstić information content (AvgIpc) is 2.73. The number of nitrogens with one attached hydrogen (secondary N) is 2. The predicted octanol–water partition coefficient (Wildman–Crippen LogP) is 3.45. The third kappa shape index (κ3) is 6.24. The molecule has 10 heteroatoms. The summed E-state index contributed by atoms with van der Waals surface area (Å²) in [5.41, 5.74) is 0.227. The van der Waals surface area contributed by atoms with E-state index >= 15 is 0 Å². The summed E-state index contributed by atoms with van der Waals surface area (Å²) >= 11 is 0. The summed E-state index contributed by atoms with van der Waals surface area (Å²) in [6, 6.07) is 4.18. The Kier molecular flexibility index (Phi) is 7.52. The van der Waals surface area contributed by atoms with E-state index in [1.54, 1.807) is 17.9 Å². The van der Waals surface area contributed by atoms with Gasteiger partial charge in [0.1, 0.15) is 0 Å². The van der Waals surface area contributed by atoms with Crippen molar-refractivity contribution in [2.45, 2.75) is 44.8 Å². The minimum absolute atomic E-state index is 0.0230. The standard InChI is InChI=1S/C20H30F3N3O3S/c1-2-30(27,28)25-16-5-3-15(4-6-16)14-24-17-7-8-18(20(21,22)23)19(13-17)26-9-11-29-12-10-26/h7-8,13,15-16,24-25H,2-6,9-12,14H2,1H3. The average molecular weight is 450 g/mol. The summed E-state index contributed by atoms with van der Waals surface area (Å²) in [7, 11) is -3.19. The van der Waals surface area contributed by atoms with Crippen molar-refractivity contribution < 1.29 is 26.3 Å². The molecule has 0 spiro atoms. The molecule has 6 nitrogen and oxygen atoms in total. The smallest absolute Gasteiger partial charge is 0.385 e. The van der Waals surface area contributed by atoms with Crippen molar-refractivity contribution in [1.29, 1.82) is 0 Å². The Balaban J connectivity index is 1.59. The van der Waals surface area contributed by atoms with Crippen LogP contribution in [-0.4, -0.2) is 53.1 Å². The highest BCUT2D eigenvalue weighted by Crippen LogP contribution is 2.38. The van der Waals surface area contributed by atoms with E-state index in [1.165, 1.54) is 6.07 Å². The number of rotatable bonds is 7. The largest absolute Gasteiger partial charge is 0.418 e. The van der Waals surface area contributed by atoms with Gasteiger partial charge in [0.2, 0.25) is 10.0 Å². The minimum Gasteiger partial charge on any atom is -0.385 e. The number of benzene rings is 1. The highest BCUT2D eigenvalue weighted by atomic mass is 32.2. The Morgan fingerprint density at radius 3 is 2.40 bits per heavy atom. The van der Waals surface area contributed by atoms with Crippen LogP contribution >= 0.6 is 0 Å². The van der Waals surface area contributed by atoms with Gasteiger partial charge in [0.15, 0.2) is 0 Å². The maximum absolute atomic E-state index is 13.5. The number of hydrogen-bond donors (Lipinski definition) is 2. The van der Waals surface area contributed by atoms with E-state index in [1.807, 2.05) is 0 Å². The summed E-state index contributed by atoms with van der Waals surface area (Å²) in [6.45, 7) is 3.97. The molecule has 1 aromatic rings. The molecule has 1 aromatic carbocycles. The number of morpholine rings is 1. The van der Waals surface area contributed by atoms with Crippen LogP contribution in [0.3, 0.4) is 0 Å². The van der Waals surface area contributed by atoms with E-state index in [2.05, 4.69) is 10.0 Å². The normalized spacial score (nSPS) is 23.4. The van der Waals surface area contributed by atoms with Crippen molar-refractivity contribution in [1.82, 2.24) is 4.72 Å². The fraction of sp³-hybridized carbons (Fsp3) is 0.700. The molecule has 2 aliphatic rings. The fourth-order valence-electron chi connectivity index (χ4n) is 4.03. The highest BCUT2D eigenvalue weighted by molar-refractivity contribution is 7.89. The lowest BCUT2D eigenvalue weighted by Crippen LogP contribution is -2.39. The molecule has 1 aliphatic heterocycles. The van der Waals surface area contributed by atoms with E-state index in [4.69, 9.17) is 4.74 Å². The monoisotopic (exact) mass is 449 g/mol. The maximum atomic E-state index is 13.5. The van der Waals surface area contributed by atoms with Gasteiger partial charge in [-0.2, -0.15) is 13.2 Å². The molecule has 0 radical (unpaired) electrons. The first-order chi connectivity index (χ1) is 14.2. The van der Waals surface area contributed by atoms with Crippen molar-refractivity contribution in [3.63, 3.8) is 0 Å². The zero-order chi connectivity index (χ0) is 21.8. The third-order valence-corrected chi connectivity index (χ3v) is 7.28. The van der Waals surface area contributed by atoms with E-state index in [0.717, 1.165) is 31.7 Å².